The maximum absolute atomic E-state index is 11.3. The fourth-order valence-electron chi connectivity index (χ4n) is 3.95. The minimum atomic E-state index is -0.388. The zero-order chi connectivity index (χ0) is 18.8. The number of carbonyl (C=O) groups is 1. The first kappa shape index (κ1) is 17.5. The van der Waals surface area contributed by atoms with Gasteiger partial charge in [-0.05, 0) is 45.9 Å². The lowest BCUT2D eigenvalue weighted by Crippen LogP contribution is -2.05. The average molecular weight is 357 g/mol. The molecule has 3 nitrogen and oxygen atoms in total. The van der Waals surface area contributed by atoms with E-state index in [-0.39, 0.29) is 5.97 Å². The first-order chi connectivity index (χ1) is 13.2. The van der Waals surface area contributed by atoms with Gasteiger partial charge in [-0.25, -0.2) is 4.79 Å². The van der Waals surface area contributed by atoms with E-state index in [4.69, 9.17) is 4.84 Å². The van der Waals surface area contributed by atoms with E-state index < -0.39 is 0 Å². The quantitative estimate of drug-likeness (QED) is 0.175. The smallest absolute Gasteiger partial charge is 0.318 e. The molecular weight excluding hydrogens is 334 g/mol. The molecule has 3 aromatic carbocycles. The number of nitrogens with zero attached hydrogens (tertiary/aromatic N) is 1. The van der Waals surface area contributed by atoms with Gasteiger partial charge in [0.1, 0.15) is 0 Å². The highest BCUT2D eigenvalue weighted by Gasteiger charge is 2.23. The van der Waals surface area contributed by atoms with Gasteiger partial charge in [0.25, 0.3) is 0 Å². The second-order valence-corrected chi connectivity index (χ2v) is 7.01. The number of oxime groups is 1. The lowest BCUT2D eigenvalue weighted by Gasteiger charge is -2.11. The summed E-state index contributed by atoms with van der Waals surface area (Å²) in [6.07, 6.45) is 4.10. The van der Waals surface area contributed by atoms with Crippen LogP contribution in [-0.2, 0) is 9.63 Å². The number of carbonyl (C=O) groups excluding carboxylic acids is 1. The topological polar surface area (TPSA) is 38.7 Å². The van der Waals surface area contributed by atoms with Gasteiger partial charge in [-0.15, -0.1) is 0 Å². The predicted octanol–water partition coefficient (Wildman–Crippen LogP) is 6.33. The van der Waals surface area contributed by atoms with Gasteiger partial charge in [0, 0.05) is 12.5 Å². The molecule has 0 fully saturated rings. The van der Waals surface area contributed by atoms with E-state index >= 15 is 0 Å². The average Bonchev–Trinajstić information content (AvgIpc) is 3.01. The molecular formula is C24H23NO2. The van der Waals surface area contributed by atoms with Gasteiger partial charge in [0.2, 0.25) is 0 Å². The van der Waals surface area contributed by atoms with Crippen LogP contribution >= 0.6 is 0 Å². The Morgan fingerprint density at radius 3 is 2.30 bits per heavy atom. The zero-order valence-corrected chi connectivity index (χ0v) is 15.8. The van der Waals surface area contributed by atoms with Crippen LogP contribution in [0.15, 0.2) is 59.8 Å². The normalized spacial score (nSPS) is 12.3. The fraction of sp³-hybridized carbons (Fsp3) is 0.250. The highest BCUT2D eigenvalue weighted by atomic mass is 16.7. The van der Waals surface area contributed by atoms with Crippen molar-refractivity contribution in [1.29, 1.82) is 0 Å². The van der Waals surface area contributed by atoms with Gasteiger partial charge in [-0.2, -0.15) is 0 Å². The van der Waals surface area contributed by atoms with Crippen LogP contribution < -0.4 is 0 Å². The van der Waals surface area contributed by atoms with Crippen LogP contribution in [0.5, 0.6) is 0 Å². The SMILES string of the molecule is CCCCC/C(=N/OC(C)=O)c1ccc2c3c(cccc13)-c1ccccc1-2. The summed E-state index contributed by atoms with van der Waals surface area (Å²) in [6, 6.07) is 19.3. The summed E-state index contributed by atoms with van der Waals surface area (Å²) in [5, 5.41) is 6.65. The molecule has 0 bridgehead atoms. The summed E-state index contributed by atoms with van der Waals surface area (Å²) in [7, 11) is 0. The van der Waals surface area contributed by atoms with Gasteiger partial charge in [-0.1, -0.05) is 79.5 Å². The lowest BCUT2D eigenvalue weighted by atomic mass is 9.94. The molecule has 0 atom stereocenters. The van der Waals surface area contributed by atoms with E-state index in [0.717, 1.165) is 37.0 Å². The zero-order valence-electron chi connectivity index (χ0n) is 15.8. The van der Waals surface area contributed by atoms with Crippen LogP contribution in [0.1, 0.15) is 45.1 Å². The van der Waals surface area contributed by atoms with Crippen molar-refractivity contribution in [2.24, 2.45) is 5.16 Å². The number of benzene rings is 3. The summed E-state index contributed by atoms with van der Waals surface area (Å²) in [5.74, 6) is -0.388. The summed E-state index contributed by atoms with van der Waals surface area (Å²) in [6.45, 7) is 3.57. The number of rotatable bonds is 6. The van der Waals surface area contributed by atoms with Crippen LogP contribution in [0.3, 0.4) is 0 Å². The second-order valence-electron chi connectivity index (χ2n) is 7.01. The van der Waals surface area contributed by atoms with Crippen molar-refractivity contribution in [3.8, 4) is 22.3 Å². The Morgan fingerprint density at radius 2 is 1.59 bits per heavy atom. The maximum Gasteiger partial charge on any atom is 0.331 e. The van der Waals surface area contributed by atoms with Crippen LogP contribution in [-0.4, -0.2) is 11.7 Å². The summed E-state index contributed by atoms with van der Waals surface area (Å²) < 4.78 is 0. The molecule has 0 radical (unpaired) electrons. The van der Waals surface area contributed by atoms with Crippen LogP contribution in [0.4, 0.5) is 0 Å². The van der Waals surface area contributed by atoms with Gasteiger partial charge >= 0.3 is 5.97 Å². The molecule has 3 aromatic rings. The Kier molecular flexibility index (Phi) is 4.76. The molecule has 4 rings (SSSR count). The number of fused-ring (bicyclic) bond motifs is 3. The predicted molar refractivity (Wildman–Crippen MR) is 111 cm³/mol. The van der Waals surface area contributed by atoms with Crippen molar-refractivity contribution in [3.63, 3.8) is 0 Å². The molecule has 0 amide bonds. The molecule has 0 spiro atoms. The van der Waals surface area contributed by atoms with Crippen molar-refractivity contribution in [3.05, 3.63) is 60.2 Å². The summed E-state index contributed by atoms with van der Waals surface area (Å²) in [5.41, 5.74) is 6.99. The molecule has 3 heteroatoms. The van der Waals surface area contributed by atoms with E-state index in [1.165, 1.54) is 39.9 Å². The van der Waals surface area contributed by atoms with Crippen LogP contribution in [0.2, 0.25) is 0 Å². The monoisotopic (exact) mass is 357 g/mol. The number of hydrogen-bond acceptors (Lipinski definition) is 3. The van der Waals surface area contributed by atoms with E-state index in [0.29, 0.717) is 0 Å². The molecule has 0 aliphatic heterocycles. The van der Waals surface area contributed by atoms with E-state index in [1.54, 1.807) is 0 Å². The number of unbranched alkanes of at least 4 members (excludes halogenated alkanes) is 2. The molecule has 1 aliphatic carbocycles. The Balaban J connectivity index is 1.86. The minimum absolute atomic E-state index is 0.388. The highest BCUT2D eigenvalue weighted by molar-refractivity contribution is 6.21. The molecule has 0 N–H and O–H groups in total. The Hall–Kier alpha value is -2.94. The maximum atomic E-state index is 11.3. The lowest BCUT2D eigenvalue weighted by molar-refractivity contribution is -0.140. The molecule has 0 unspecified atom stereocenters. The van der Waals surface area contributed by atoms with Crippen molar-refractivity contribution >= 4 is 22.5 Å². The van der Waals surface area contributed by atoms with Crippen molar-refractivity contribution in [2.45, 2.75) is 39.5 Å². The molecule has 0 heterocycles. The van der Waals surface area contributed by atoms with Gasteiger partial charge in [0.15, 0.2) is 0 Å². The van der Waals surface area contributed by atoms with Crippen molar-refractivity contribution in [1.82, 2.24) is 0 Å². The molecule has 136 valence electrons. The molecule has 27 heavy (non-hydrogen) atoms. The third-order valence-electron chi connectivity index (χ3n) is 5.16. The van der Waals surface area contributed by atoms with Crippen molar-refractivity contribution in [2.75, 3.05) is 0 Å². The second kappa shape index (κ2) is 7.36. The highest BCUT2D eigenvalue weighted by Crippen LogP contribution is 2.47. The van der Waals surface area contributed by atoms with Crippen LogP contribution in [0.25, 0.3) is 33.0 Å². The first-order valence-electron chi connectivity index (χ1n) is 9.61. The van der Waals surface area contributed by atoms with E-state index in [9.17, 15) is 4.79 Å². The van der Waals surface area contributed by atoms with Gasteiger partial charge in [0.05, 0.1) is 5.71 Å². The van der Waals surface area contributed by atoms with Crippen LogP contribution in [0, 0.1) is 0 Å². The molecule has 0 saturated heterocycles. The van der Waals surface area contributed by atoms with Crippen molar-refractivity contribution < 1.29 is 9.63 Å². The third-order valence-corrected chi connectivity index (χ3v) is 5.16. The first-order valence-corrected chi connectivity index (χ1v) is 9.61. The standard InChI is InChI=1S/C24H23NO2/c1-3-4-5-13-23(25-27-16(2)26)19-14-15-22-18-10-7-6-9-17(18)20-11-8-12-21(19)24(20)22/h6-12,14-15H,3-5,13H2,1-2H3/b25-23-. The minimum Gasteiger partial charge on any atom is -0.318 e. The molecule has 1 aliphatic rings. The third kappa shape index (κ3) is 3.14. The molecule has 0 saturated carbocycles. The van der Waals surface area contributed by atoms with E-state index in [2.05, 4.69) is 66.7 Å². The van der Waals surface area contributed by atoms with E-state index in [1.807, 2.05) is 0 Å². The number of hydrogen-bond donors (Lipinski definition) is 0. The Morgan fingerprint density at radius 1 is 0.889 bits per heavy atom. The Bertz CT molecular complexity index is 1020. The largest absolute Gasteiger partial charge is 0.331 e. The summed E-state index contributed by atoms with van der Waals surface area (Å²) in [4.78, 5) is 16.3. The molecule has 0 aromatic heterocycles. The van der Waals surface area contributed by atoms with Gasteiger partial charge in [-0.3, -0.25) is 0 Å². The summed E-state index contributed by atoms with van der Waals surface area (Å²) >= 11 is 0. The Labute approximate surface area is 159 Å². The fourth-order valence-corrected chi connectivity index (χ4v) is 3.95. The van der Waals surface area contributed by atoms with Gasteiger partial charge < -0.3 is 4.84 Å².